The van der Waals surface area contributed by atoms with E-state index < -0.39 is 0 Å². The molecule has 2 aliphatic rings. The number of piperazine rings is 1. The van der Waals surface area contributed by atoms with Crippen LogP contribution >= 0.6 is 0 Å². The lowest BCUT2D eigenvalue weighted by molar-refractivity contribution is -0.00930. The van der Waals surface area contributed by atoms with Gasteiger partial charge in [-0.2, -0.15) is 0 Å². The summed E-state index contributed by atoms with van der Waals surface area (Å²) in [5.41, 5.74) is 2.01. The molecule has 1 N–H and O–H groups in total. The Morgan fingerprint density at radius 2 is 1.90 bits per heavy atom. The summed E-state index contributed by atoms with van der Waals surface area (Å²) in [6, 6.07) is 11.5. The third-order valence-corrected chi connectivity index (χ3v) is 5.90. The fourth-order valence-corrected chi connectivity index (χ4v) is 3.83. The molecular formula is C19H30N2. The lowest BCUT2D eigenvalue weighted by atomic mass is 9.84. The highest BCUT2D eigenvalue weighted by atomic mass is 15.3. The summed E-state index contributed by atoms with van der Waals surface area (Å²) in [4.78, 5) is 2.79. The molecule has 1 aliphatic carbocycles. The first-order valence-corrected chi connectivity index (χ1v) is 8.53. The highest BCUT2D eigenvalue weighted by Gasteiger charge is 2.48. The zero-order valence-electron chi connectivity index (χ0n) is 14.0. The lowest BCUT2D eigenvalue weighted by Crippen LogP contribution is -2.64. The van der Waals surface area contributed by atoms with Crippen molar-refractivity contribution < 1.29 is 0 Å². The molecule has 1 aromatic rings. The van der Waals surface area contributed by atoms with Crippen LogP contribution in [0.3, 0.4) is 0 Å². The van der Waals surface area contributed by atoms with Crippen LogP contribution in [0.5, 0.6) is 0 Å². The highest BCUT2D eigenvalue weighted by Crippen LogP contribution is 2.47. The molecular weight excluding hydrogens is 256 g/mol. The molecule has 2 heteroatoms. The molecule has 2 fully saturated rings. The van der Waals surface area contributed by atoms with Crippen LogP contribution in [0.15, 0.2) is 30.3 Å². The maximum atomic E-state index is 3.81. The average Bonchev–Trinajstić information content (AvgIpc) is 3.33. The second kappa shape index (κ2) is 5.40. The monoisotopic (exact) mass is 286 g/mol. The van der Waals surface area contributed by atoms with Crippen LogP contribution in [-0.2, 0) is 0 Å². The normalized spacial score (nSPS) is 31.3. The van der Waals surface area contributed by atoms with Crippen molar-refractivity contribution in [1.29, 1.82) is 0 Å². The van der Waals surface area contributed by atoms with Crippen molar-refractivity contribution in [3.63, 3.8) is 0 Å². The number of hydrogen-bond acceptors (Lipinski definition) is 2. The topological polar surface area (TPSA) is 15.3 Å². The van der Waals surface area contributed by atoms with Crippen molar-refractivity contribution in [3.8, 4) is 0 Å². The van der Waals surface area contributed by atoms with Gasteiger partial charge in [0.05, 0.1) is 0 Å². The molecule has 0 aromatic heterocycles. The first-order chi connectivity index (χ1) is 9.96. The molecule has 2 atom stereocenters. The summed E-state index contributed by atoms with van der Waals surface area (Å²) in [5, 5.41) is 3.81. The van der Waals surface area contributed by atoms with Crippen molar-refractivity contribution >= 4 is 0 Å². The van der Waals surface area contributed by atoms with Crippen LogP contribution in [0.4, 0.5) is 0 Å². The van der Waals surface area contributed by atoms with Gasteiger partial charge in [0.1, 0.15) is 0 Å². The van der Waals surface area contributed by atoms with Gasteiger partial charge in [0.2, 0.25) is 0 Å². The molecule has 1 aromatic carbocycles. The van der Waals surface area contributed by atoms with Crippen molar-refractivity contribution in [3.05, 3.63) is 35.9 Å². The summed E-state index contributed by atoms with van der Waals surface area (Å²) in [5.74, 6) is 0.878. The molecule has 1 saturated heterocycles. The van der Waals surface area contributed by atoms with Crippen LogP contribution in [0.25, 0.3) is 0 Å². The minimum Gasteiger partial charge on any atom is -0.308 e. The lowest BCUT2D eigenvalue weighted by Gasteiger charge is -2.53. The molecule has 3 rings (SSSR count). The molecule has 0 spiro atoms. The average molecular weight is 286 g/mol. The number of benzene rings is 1. The second-order valence-corrected chi connectivity index (χ2v) is 7.78. The van der Waals surface area contributed by atoms with E-state index >= 15 is 0 Å². The van der Waals surface area contributed by atoms with Crippen LogP contribution in [0.2, 0.25) is 0 Å². The Morgan fingerprint density at radius 1 is 1.24 bits per heavy atom. The van der Waals surface area contributed by atoms with Gasteiger partial charge in [0.25, 0.3) is 0 Å². The summed E-state index contributed by atoms with van der Waals surface area (Å²) >= 11 is 0. The zero-order chi connectivity index (χ0) is 15.1. The van der Waals surface area contributed by atoms with E-state index in [1.165, 1.54) is 24.8 Å². The summed E-state index contributed by atoms with van der Waals surface area (Å²) in [7, 11) is 0. The molecule has 1 aliphatic heterocycles. The Balaban J connectivity index is 1.91. The van der Waals surface area contributed by atoms with Gasteiger partial charge in [-0.3, -0.25) is 4.90 Å². The van der Waals surface area contributed by atoms with E-state index in [1.54, 1.807) is 0 Å². The zero-order valence-corrected chi connectivity index (χ0v) is 14.0. The predicted molar refractivity (Wildman–Crippen MR) is 89.4 cm³/mol. The van der Waals surface area contributed by atoms with Crippen LogP contribution < -0.4 is 5.32 Å². The van der Waals surface area contributed by atoms with Gasteiger partial charge in [-0.25, -0.2) is 0 Å². The third-order valence-electron chi connectivity index (χ3n) is 5.90. The van der Waals surface area contributed by atoms with Crippen molar-refractivity contribution in [1.82, 2.24) is 10.2 Å². The summed E-state index contributed by atoms with van der Waals surface area (Å²) in [6.45, 7) is 11.8. The SMILES string of the molecule is CCC1(C)CN(C(C)(C)C2CC2)C(c2ccccc2)CN1. The van der Waals surface area contributed by atoms with Crippen LogP contribution in [0.1, 0.15) is 58.6 Å². The van der Waals surface area contributed by atoms with E-state index in [2.05, 4.69) is 68.2 Å². The van der Waals surface area contributed by atoms with Crippen LogP contribution in [-0.4, -0.2) is 29.1 Å². The van der Waals surface area contributed by atoms with Gasteiger partial charge in [-0.05, 0) is 51.5 Å². The molecule has 0 amide bonds. The van der Waals surface area contributed by atoms with Crippen molar-refractivity contribution in [2.24, 2.45) is 5.92 Å². The third kappa shape index (κ3) is 2.89. The number of rotatable bonds is 4. The molecule has 21 heavy (non-hydrogen) atoms. The van der Waals surface area contributed by atoms with E-state index in [4.69, 9.17) is 0 Å². The first kappa shape index (κ1) is 15.1. The van der Waals surface area contributed by atoms with Crippen molar-refractivity contribution in [2.75, 3.05) is 13.1 Å². The molecule has 2 unspecified atom stereocenters. The van der Waals surface area contributed by atoms with E-state index in [0.29, 0.717) is 11.6 Å². The molecule has 0 bridgehead atoms. The van der Waals surface area contributed by atoms with Gasteiger partial charge in [-0.15, -0.1) is 0 Å². The van der Waals surface area contributed by atoms with Gasteiger partial charge < -0.3 is 5.32 Å². The van der Waals surface area contributed by atoms with E-state index in [0.717, 1.165) is 19.0 Å². The largest absolute Gasteiger partial charge is 0.308 e. The van der Waals surface area contributed by atoms with Gasteiger partial charge in [-0.1, -0.05) is 37.3 Å². The number of nitrogens with one attached hydrogen (secondary N) is 1. The Morgan fingerprint density at radius 3 is 2.48 bits per heavy atom. The van der Waals surface area contributed by atoms with Gasteiger partial charge in [0, 0.05) is 30.2 Å². The second-order valence-electron chi connectivity index (χ2n) is 7.78. The fourth-order valence-electron chi connectivity index (χ4n) is 3.83. The molecule has 116 valence electrons. The van der Waals surface area contributed by atoms with Crippen molar-refractivity contribution in [2.45, 2.75) is 64.1 Å². The Bertz CT molecular complexity index is 478. The summed E-state index contributed by atoms with van der Waals surface area (Å²) < 4.78 is 0. The van der Waals surface area contributed by atoms with Gasteiger partial charge >= 0.3 is 0 Å². The van der Waals surface area contributed by atoms with E-state index in [-0.39, 0.29) is 5.54 Å². The predicted octanol–water partition coefficient (Wildman–Crippen LogP) is 3.99. The minimum atomic E-state index is 0.247. The number of hydrogen-bond donors (Lipinski definition) is 1. The standard InChI is InChI=1S/C19H30N2/c1-5-19(4)14-21(18(2,3)16-11-12-16)17(13-20-19)15-9-7-6-8-10-15/h6-10,16-17,20H,5,11-14H2,1-4H3. The molecule has 1 saturated carbocycles. The Labute approximate surface area is 129 Å². The molecule has 0 radical (unpaired) electrons. The van der Waals surface area contributed by atoms with Crippen LogP contribution in [0, 0.1) is 5.92 Å². The summed E-state index contributed by atoms with van der Waals surface area (Å²) in [6.07, 6.45) is 3.99. The maximum absolute atomic E-state index is 3.81. The fraction of sp³-hybridized carbons (Fsp3) is 0.684. The molecule has 1 heterocycles. The Hall–Kier alpha value is -0.860. The van der Waals surface area contributed by atoms with E-state index in [9.17, 15) is 0 Å². The molecule has 2 nitrogen and oxygen atoms in total. The Kier molecular flexibility index (Phi) is 3.87. The first-order valence-electron chi connectivity index (χ1n) is 8.53. The smallest absolute Gasteiger partial charge is 0.0479 e. The van der Waals surface area contributed by atoms with Gasteiger partial charge in [0.15, 0.2) is 0 Å². The van der Waals surface area contributed by atoms with E-state index in [1.807, 2.05) is 0 Å². The maximum Gasteiger partial charge on any atom is 0.0479 e. The quantitative estimate of drug-likeness (QED) is 0.900. The minimum absolute atomic E-state index is 0.247. The highest BCUT2D eigenvalue weighted by molar-refractivity contribution is 5.22. The number of nitrogens with zero attached hydrogens (tertiary/aromatic N) is 1.